The van der Waals surface area contributed by atoms with Gasteiger partial charge in [0.15, 0.2) is 0 Å². The molecule has 0 atom stereocenters. The molecule has 0 fully saturated rings. The number of nitrogens with zero attached hydrogens (tertiary/aromatic N) is 1. The molecule has 278 valence electrons. The fourth-order valence-electron chi connectivity index (χ4n) is 7.14. The molecular formula is C54H39NS3. The minimum absolute atomic E-state index is 1.09. The molecule has 9 rings (SSSR count). The minimum atomic E-state index is 1.09. The molecule has 0 N–H and O–H groups in total. The zero-order chi connectivity index (χ0) is 38.9. The van der Waals surface area contributed by atoms with Gasteiger partial charge in [-0.1, -0.05) is 146 Å². The molecule has 0 radical (unpaired) electrons. The molecule has 1 nitrogen and oxygen atoms in total. The van der Waals surface area contributed by atoms with Crippen LogP contribution in [0.1, 0.15) is 48.0 Å². The summed E-state index contributed by atoms with van der Waals surface area (Å²) in [5.41, 5.74) is 14.0. The van der Waals surface area contributed by atoms with Crippen molar-refractivity contribution < 1.29 is 0 Å². The van der Waals surface area contributed by atoms with Crippen molar-refractivity contribution >= 4 is 86.0 Å². The first kappa shape index (κ1) is 37.0. The molecule has 3 heterocycles. The Balaban J connectivity index is 1.09. The van der Waals surface area contributed by atoms with E-state index in [1.807, 2.05) is 0 Å². The molecule has 0 saturated heterocycles. The van der Waals surface area contributed by atoms with E-state index in [-0.39, 0.29) is 0 Å². The van der Waals surface area contributed by atoms with Crippen LogP contribution in [-0.4, -0.2) is 0 Å². The van der Waals surface area contributed by atoms with Crippen molar-refractivity contribution in [3.8, 4) is 0 Å². The monoisotopic (exact) mass is 797 g/mol. The van der Waals surface area contributed by atoms with E-state index in [0.29, 0.717) is 0 Å². The Labute approximate surface area is 353 Å². The largest absolute Gasteiger partial charge is 0.311 e. The van der Waals surface area contributed by atoms with Crippen molar-refractivity contribution in [3.05, 3.63) is 264 Å². The Morgan fingerprint density at radius 3 is 0.810 bits per heavy atom. The van der Waals surface area contributed by atoms with E-state index in [1.165, 1.54) is 48.0 Å². The first-order chi connectivity index (χ1) is 28.7. The summed E-state index contributed by atoms with van der Waals surface area (Å²) in [6.45, 7) is 0. The molecule has 0 aliphatic carbocycles. The van der Waals surface area contributed by atoms with Crippen LogP contribution in [0.25, 0.3) is 34.9 Å². The molecule has 0 unspecified atom stereocenters. The van der Waals surface area contributed by atoms with Gasteiger partial charge < -0.3 is 4.90 Å². The molecule has 6 aromatic carbocycles. The second-order valence-electron chi connectivity index (χ2n) is 13.8. The van der Waals surface area contributed by atoms with Crippen molar-refractivity contribution in [2.45, 2.75) is 0 Å². The predicted octanol–water partition coefficient (Wildman–Crippen LogP) is 16.1. The van der Waals surface area contributed by atoms with E-state index in [1.54, 1.807) is 34.0 Å². The second-order valence-corrected chi connectivity index (χ2v) is 16.7. The van der Waals surface area contributed by atoms with Crippen LogP contribution in [-0.2, 0) is 0 Å². The van der Waals surface area contributed by atoms with Gasteiger partial charge in [0, 0.05) is 31.7 Å². The quantitative estimate of drug-likeness (QED) is 0.111. The van der Waals surface area contributed by atoms with E-state index in [0.717, 1.165) is 33.8 Å². The maximum atomic E-state index is 2.35. The summed E-state index contributed by atoms with van der Waals surface area (Å²) in [5, 5.41) is 6.43. The Hall–Kier alpha value is -6.56. The molecule has 0 saturated carbocycles. The van der Waals surface area contributed by atoms with E-state index in [2.05, 4.69) is 239 Å². The van der Waals surface area contributed by atoms with Crippen molar-refractivity contribution in [1.82, 2.24) is 0 Å². The molecular weight excluding hydrogens is 759 g/mol. The van der Waals surface area contributed by atoms with Crippen molar-refractivity contribution in [3.63, 3.8) is 0 Å². The molecule has 0 amide bonds. The smallest absolute Gasteiger partial charge is 0.0462 e. The lowest BCUT2D eigenvalue weighted by atomic mass is 10.0. The van der Waals surface area contributed by atoms with E-state index >= 15 is 0 Å². The SMILES string of the molecule is C(=C(/c1ccccc1)c1cccs1)/c1ccc(N(c2ccc(/C=C(\c3ccccc3)c3cccs3)cc2)c2ccc(/C=C(\c3ccccc3)c3cccs3)cc2)cc1. The van der Waals surface area contributed by atoms with Gasteiger partial charge in [-0.05, 0) is 139 Å². The summed E-state index contributed by atoms with van der Waals surface area (Å²) < 4.78 is 0. The molecule has 4 heteroatoms. The fraction of sp³-hybridized carbons (Fsp3) is 0. The van der Waals surface area contributed by atoms with Crippen molar-refractivity contribution in [1.29, 1.82) is 0 Å². The Bertz CT molecular complexity index is 2430. The highest BCUT2D eigenvalue weighted by Gasteiger charge is 2.15. The third-order valence-electron chi connectivity index (χ3n) is 10.0. The van der Waals surface area contributed by atoms with Crippen LogP contribution in [0.15, 0.2) is 216 Å². The average Bonchev–Trinajstić information content (AvgIpc) is 4.13. The Morgan fingerprint density at radius 1 is 0.293 bits per heavy atom. The van der Waals surface area contributed by atoms with Gasteiger partial charge in [-0.25, -0.2) is 0 Å². The van der Waals surface area contributed by atoms with Crippen LogP contribution in [0, 0.1) is 0 Å². The van der Waals surface area contributed by atoms with Crippen LogP contribution in [0.3, 0.4) is 0 Å². The summed E-state index contributed by atoms with van der Waals surface area (Å²) in [6.07, 6.45) is 6.90. The lowest BCUT2D eigenvalue weighted by Crippen LogP contribution is -2.09. The van der Waals surface area contributed by atoms with Gasteiger partial charge in [-0.15, -0.1) is 34.0 Å². The molecule has 58 heavy (non-hydrogen) atoms. The van der Waals surface area contributed by atoms with Gasteiger partial charge in [0.25, 0.3) is 0 Å². The van der Waals surface area contributed by atoms with Gasteiger partial charge in [0.1, 0.15) is 0 Å². The van der Waals surface area contributed by atoms with Crippen LogP contribution < -0.4 is 4.90 Å². The van der Waals surface area contributed by atoms with Gasteiger partial charge in [0.05, 0.1) is 0 Å². The highest BCUT2D eigenvalue weighted by Crippen LogP contribution is 2.38. The number of hydrogen-bond donors (Lipinski definition) is 0. The van der Waals surface area contributed by atoms with Crippen LogP contribution in [0.4, 0.5) is 17.1 Å². The molecule has 0 aliphatic heterocycles. The Morgan fingerprint density at radius 2 is 0.569 bits per heavy atom. The first-order valence-electron chi connectivity index (χ1n) is 19.3. The normalized spacial score (nSPS) is 12.1. The number of thiophene rings is 3. The van der Waals surface area contributed by atoms with Gasteiger partial charge in [-0.3, -0.25) is 0 Å². The third kappa shape index (κ3) is 8.56. The Kier molecular flexibility index (Phi) is 11.3. The summed E-state index contributed by atoms with van der Waals surface area (Å²) in [7, 11) is 0. The zero-order valence-electron chi connectivity index (χ0n) is 31.7. The summed E-state index contributed by atoms with van der Waals surface area (Å²) in [4.78, 5) is 6.11. The van der Waals surface area contributed by atoms with Gasteiger partial charge >= 0.3 is 0 Å². The van der Waals surface area contributed by atoms with Crippen LogP contribution >= 0.6 is 34.0 Å². The number of benzene rings is 6. The zero-order valence-corrected chi connectivity index (χ0v) is 34.1. The maximum Gasteiger partial charge on any atom is 0.0462 e. The molecule has 9 aromatic rings. The molecule has 0 aliphatic rings. The molecule has 3 aromatic heterocycles. The number of anilines is 3. The van der Waals surface area contributed by atoms with E-state index in [4.69, 9.17) is 0 Å². The lowest BCUT2D eigenvalue weighted by molar-refractivity contribution is 1.28. The number of hydrogen-bond acceptors (Lipinski definition) is 4. The summed E-state index contributed by atoms with van der Waals surface area (Å²) >= 11 is 5.31. The van der Waals surface area contributed by atoms with E-state index < -0.39 is 0 Å². The molecule has 0 spiro atoms. The topological polar surface area (TPSA) is 3.24 Å². The predicted molar refractivity (Wildman–Crippen MR) is 254 cm³/mol. The molecule has 0 bridgehead atoms. The van der Waals surface area contributed by atoms with E-state index in [9.17, 15) is 0 Å². The van der Waals surface area contributed by atoms with Gasteiger partial charge in [-0.2, -0.15) is 0 Å². The average molecular weight is 798 g/mol. The second kappa shape index (κ2) is 17.7. The van der Waals surface area contributed by atoms with Crippen molar-refractivity contribution in [2.75, 3.05) is 4.90 Å². The standard InChI is InChI=1S/C54H39NS3/c1-4-13-43(14-5-1)49(52-19-10-34-56-52)37-40-22-28-46(29-23-40)55(47-30-24-41(25-31-47)38-50(53-20-11-35-57-53)44-15-6-2-7-16-44)48-32-26-42(27-33-48)39-51(54-21-12-36-58-54)45-17-8-3-9-18-45/h1-39H/b49-37+,50-38+,51-39+. The first-order valence-corrected chi connectivity index (χ1v) is 21.9. The van der Waals surface area contributed by atoms with Crippen LogP contribution in [0.2, 0.25) is 0 Å². The third-order valence-corrected chi connectivity index (χ3v) is 12.7. The summed E-state index contributed by atoms with van der Waals surface area (Å²) in [5.74, 6) is 0. The maximum absolute atomic E-state index is 2.35. The van der Waals surface area contributed by atoms with Crippen LogP contribution in [0.5, 0.6) is 0 Å². The van der Waals surface area contributed by atoms with Crippen molar-refractivity contribution in [2.24, 2.45) is 0 Å². The minimum Gasteiger partial charge on any atom is -0.311 e. The fourth-order valence-corrected chi connectivity index (χ4v) is 9.44. The summed E-state index contributed by atoms with van der Waals surface area (Å²) in [6, 6.07) is 71.7. The number of rotatable bonds is 12. The van der Waals surface area contributed by atoms with Gasteiger partial charge in [0.2, 0.25) is 0 Å². The lowest BCUT2D eigenvalue weighted by Gasteiger charge is -2.26. The highest BCUT2D eigenvalue weighted by atomic mass is 32.1. The highest BCUT2D eigenvalue weighted by molar-refractivity contribution is 7.11.